The predicted molar refractivity (Wildman–Crippen MR) is 129 cm³/mol. The SMILES string of the molecule is Cc1ccccc1S(=O)(=O)N1C(c2ccc(Cl)cc2)CC=C(C(=O)O)[C@@H]1c1cccc(Cl)c1. The Morgan fingerprint density at radius 1 is 0.939 bits per heavy atom. The molecule has 0 fully saturated rings. The van der Waals surface area contributed by atoms with E-state index < -0.39 is 28.1 Å². The number of rotatable bonds is 5. The van der Waals surface area contributed by atoms with Crippen LogP contribution in [-0.4, -0.2) is 23.8 Å². The maximum atomic E-state index is 14.1. The molecular weight excluding hydrogens is 481 g/mol. The second-order valence-electron chi connectivity index (χ2n) is 7.83. The normalized spacial score (nSPS) is 19.2. The average molecular weight is 502 g/mol. The summed E-state index contributed by atoms with van der Waals surface area (Å²) in [6, 6.07) is 18.5. The Bertz CT molecular complexity index is 1340. The van der Waals surface area contributed by atoms with Crippen LogP contribution in [0.1, 0.15) is 35.2 Å². The van der Waals surface area contributed by atoms with E-state index in [0.29, 0.717) is 26.7 Å². The summed E-state index contributed by atoms with van der Waals surface area (Å²) in [5.74, 6) is -1.18. The number of hydrogen-bond donors (Lipinski definition) is 1. The Labute approximate surface area is 202 Å². The quantitative estimate of drug-likeness (QED) is 0.452. The van der Waals surface area contributed by atoms with Crippen LogP contribution in [-0.2, 0) is 14.8 Å². The van der Waals surface area contributed by atoms with Crippen LogP contribution >= 0.6 is 23.2 Å². The highest BCUT2D eigenvalue weighted by molar-refractivity contribution is 7.89. The van der Waals surface area contributed by atoms with Gasteiger partial charge in [0.25, 0.3) is 0 Å². The van der Waals surface area contributed by atoms with Gasteiger partial charge in [-0.2, -0.15) is 4.31 Å². The lowest BCUT2D eigenvalue weighted by Crippen LogP contribution is -2.42. The van der Waals surface area contributed by atoms with Gasteiger partial charge in [0.15, 0.2) is 0 Å². The molecule has 8 heteroatoms. The fourth-order valence-corrected chi connectivity index (χ4v) is 6.55. The van der Waals surface area contributed by atoms with E-state index in [1.54, 1.807) is 79.7 Å². The molecule has 2 atom stereocenters. The van der Waals surface area contributed by atoms with E-state index >= 15 is 0 Å². The molecular formula is C25H21Cl2NO4S. The smallest absolute Gasteiger partial charge is 0.333 e. The number of hydrogen-bond acceptors (Lipinski definition) is 3. The van der Waals surface area contributed by atoms with E-state index in [2.05, 4.69) is 0 Å². The minimum Gasteiger partial charge on any atom is -0.478 e. The summed E-state index contributed by atoms with van der Waals surface area (Å²) in [5, 5.41) is 10.9. The number of aliphatic carboxylic acids is 1. The zero-order valence-corrected chi connectivity index (χ0v) is 20.0. The predicted octanol–water partition coefficient (Wildman–Crippen LogP) is 6.19. The van der Waals surface area contributed by atoms with Crippen LogP contribution < -0.4 is 0 Å². The Kier molecular flexibility index (Phi) is 6.64. The van der Waals surface area contributed by atoms with Gasteiger partial charge in [-0.05, 0) is 60.4 Å². The molecule has 5 nitrogen and oxygen atoms in total. The first kappa shape index (κ1) is 23.5. The van der Waals surface area contributed by atoms with Gasteiger partial charge in [0.05, 0.1) is 22.6 Å². The van der Waals surface area contributed by atoms with Crippen molar-refractivity contribution in [1.82, 2.24) is 4.31 Å². The standard InChI is InChI=1S/C25H21Cl2NO4S/c1-16-5-2-3-8-23(16)33(31,32)28-22(17-9-11-19(26)12-10-17)14-13-21(25(29)30)24(28)18-6-4-7-20(27)15-18/h2-13,15,22,24H,14H2,1H3,(H,29,30)/t22?,24-/m0/s1. The molecule has 0 aromatic heterocycles. The maximum absolute atomic E-state index is 14.1. The van der Waals surface area contributed by atoms with Crippen molar-refractivity contribution in [1.29, 1.82) is 0 Å². The molecule has 0 saturated heterocycles. The molecule has 33 heavy (non-hydrogen) atoms. The molecule has 0 amide bonds. The maximum Gasteiger partial charge on any atom is 0.333 e. The Hall–Kier alpha value is -2.64. The Morgan fingerprint density at radius 2 is 1.64 bits per heavy atom. The van der Waals surface area contributed by atoms with Gasteiger partial charge in [-0.3, -0.25) is 0 Å². The van der Waals surface area contributed by atoms with Crippen LogP contribution in [0.25, 0.3) is 0 Å². The zero-order chi connectivity index (χ0) is 23.8. The third-order valence-electron chi connectivity index (χ3n) is 5.73. The van der Waals surface area contributed by atoms with Crippen molar-refractivity contribution in [3.63, 3.8) is 0 Å². The summed E-state index contributed by atoms with van der Waals surface area (Å²) in [6.07, 6.45) is 1.79. The van der Waals surface area contributed by atoms with E-state index in [1.165, 1.54) is 10.4 Å². The summed E-state index contributed by atoms with van der Waals surface area (Å²) < 4.78 is 29.6. The molecule has 170 valence electrons. The van der Waals surface area contributed by atoms with E-state index in [1.807, 2.05) is 0 Å². The van der Waals surface area contributed by atoms with Crippen molar-refractivity contribution in [3.05, 3.63) is 111 Å². The number of aryl methyl sites for hydroxylation is 1. The Balaban J connectivity index is 2.00. The van der Waals surface area contributed by atoms with Crippen LogP contribution in [0.2, 0.25) is 10.0 Å². The summed E-state index contributed by atoms with van der Waals surface area (Å²) in [6.45, 7) is 1.72. The Morgan fingerprint density at radius 3 is 2.27 bits per heavy atom. The second kappa shape index (κ2) is 9.31. The first-order chi connectivity index (χ1) is 15.7. The van der Waals surface area contributed by atoms with E-state index in [0.717, 1.165) is 0 Å². The topological polar surface area (TPSA) is 74.7 Å². The number of sulfonamides is 1. The van der Waals surface area contributed by atoms with Crippen LogP contribution in [0.5, 0.6) is 0 Å². The van der Waals surface area contributed by atoms with Gasteiger partial charge >= 0.3 is 5.97 Å². The second-order valence-corrected chi connectivity index (χ2v) is 10.5. The average Bonchev–Trinajstić information content (AvgIpc) is 2.78. The van der Waals surface area contributed by atoms with Gasteiger partial charge in [0.1, 0.15) is 0 Å². The first-order valence-electron chi connectivity index (χ1n) is 10.2. The van der Waals surface area contributed by atoms with Crippen molar-refractivity contribution in [3.8, 4) is 0 Å². The molecule has 0 aliphatic carbocycles. The van der Waals surface area contributed by atoms with E-state index in [-0.39, 0.29) is 16.9 Å². The van der Waals surface area contributed by atoms with Crippen LogP contribution in [0.3, 0.4) is 0 Å². The van der Waals surface area contributed by atoms with Crippen molar-refractivity contribution in [2.24, 2.45) is 0 Å². The van der Waals surface area contributed by atoms with Crippen molar-refractivity contribution in [2.45, 2.75) is 30.3 Å². The lowest BCUT2D eigenvalue weighted by Gasteiger charge is -2.41. The molecule has 1 aliphatic heterocycles. The number of halogens is 2. The molecule has 1 unspecified atom stereocenters. The van der Waals surface area contributed by atoms with Crippen molar-refractivity contribution >= 4 is 39.2 Å². The highest BCUT2D eigenvalue weighted by Gasteiger charge is 2.44. The number of nitrogens with zero attached hydrogens (tertiary/aromatic N) is 1. The van der Waals surface area contributed by atoms with Gasteiger partial charge in [0.2, 0.25) is 10.0 Å². The largest absolute Gasteiger partial charge is 0.478 e. The molecule has 1 heterocycles. The number of carbonyl (C=O) groups is 1. The summed E-state index contributed by atoms with van der Waals surface area (Å²) in [5.41, 5.74) is 1.75. The number of carboxylic acid groups (broad SMARTS) is 1. The lowest BCUT2D eigenvalue weighted by atomic mass is 9.89. The highest BCUT2D eigenvalue weighted by Crippen LogP contribution is 2.46. The summed E-state index contributed by atoms with van der Waals surface area (Å²) in [7, 11) is -4.12. The molecule has 1 N–H and O–H groups in total. The molecule has 0 saturated carbocycles. The monoisotopic (exact) mass is 501 g/mol. The summed E-state index contributed by atoms with van der Waals surface area (Å²) in [4.78, 5) is 12.4. The molecule has 1 aliphatic rings. The first-order valence-corrected chi connectivity index (χ1v) is 12.4. The van der Waals surface area contributed by atoms with Gasteiger partial charge in [-0.25, -0.2) is 13.2 Å². The third-order valence-corrected chi connectivity index (χ3v) is 8.25. The van der Waals surface area contributed by atoms with Gasteiger partial charge in [-0.1, -0.05) is 71.7 Å². The minimum atomic E-state index is -4.12. The molecule has 0 radical (unpaired) electrons. The van der Waals surface area contributed by atoms with Crippen LogP contribution in [0.4, 0.5) is 0 Å². The molecule has 3 aromatic rings. The molecule has 4 rings (SSSR count). The molecule has 3 aromatic carbocycles. The van der Waals surface area contributed by atoms with Gasteiger partial charge < -0.3 is 5.11 Å². The fraction of sp³-hybridized carbons (Fsp3) is 0.160. The minimum absolute atomic E-state index is 0.0142. The van der Waals surface area contributed by atoms with Gasteiger partial charge in [0, 0.05) is 10.0 Å². The highest BCUT2D eigenvalue weighted by atomic mass is 35.5. The van der Waals surface area contributed by atoms with E-state index in [9.17, 15) is 18.3 Å². The van der Waals surface area contributed by atoms with Gasteiger partial charge in [-0.15, -0.1) is 0 Å². The van der Waals surface area contributed by atoms with Crippen LogP contribution in [0.15, 0.2) is 89.3 Å². The van der Waals surface area contributed by atoms with Crippen LogP contribution in [0, 0.1) is 6.92 Å². The zero-order valence-electron chi connectivity index (χ0n) is 17.7. The summed E-state index contributed by atoms with van der Waals surface area (Å²) >= 11 is 12.3. The number of benzene rings is 3. The van der Waals surface area contributed by atoms with Crippen molar-refractivity contribution in [2.75, 3.05) is 0 Å². The molecule has 0 bridgehead atoms. The van der Waals surface area contributed by atoms with E-state index in [4.69, 9.17) is 23.2 Å². The fourth-order valence-electron chi connectivity index (χ4n) is 4.21. The molecule has 0 spiro atoms. The third kappa shape index (κ3) is 4.57. The number of carboxylic acids is 1. The lowest BCUT2D eigenvalue weighted by molar-refractivity contribution is -0.133. The van der Waals surface area contributed by atoms with Crippen molar-refractivity contribution < 1.29 is 18.3 Å².